The lowest BCUT2D eigenvalue weighted by atomic mass is 10.1. The van der Waals surface area contributed by atoms with Gasteiger partial charge in [-0.2, -0.15) is 0 Å². The molecule has 0 aliphatic carbocycles. The van der Waals surface area contributed by atoms with Crippen LogP contribution in [0.3, 0.4) is 0 Å². The third kappa shape index (κ3) is 6.01. The van der Waals surface area contributed by atoms with Crippen molar-refractivity contribution >= 4 is 29.0 Å². The molecule has 0 atom stereocenters. The number of nitrogens with one attached hydrogen (secondary N) is 2. The van der Waals surface area contributed by atoms with Crippen LogP contribution in [0, 0.1) is 6.92 Å². The summed E-state index contributed by atoms with van der Waals surface area (Å²) < 4.78 is 5.41. The molecule has 0 unspecified atom stereocenters. The maximum Gasteiger partial charge on any atom is 0.263 e. The van der Waals surface area contributed by atoms with Gasteiger partial charge in [0.05, 0.1) is 11.9 Å². The number of amides is 1. The lowest BCUT2D eigenvalue weighted by Crippen LogP contribution is -2.20. The fourth-order valence-corrected chi connectivity index (χ4v) is 2.58. The van der Waals surface area contributed by atoms with Crippen LogP contribution in [0.1, 0.15) is 11.1 Å². The highest BCUT2D eigenvalue weighted by molar-refractivity contribution is 6.30. The number of aryl methyl sites for hydroxylation is 1. The lowest BCUT2D eigenvalue weighted by molar-refractivity contribution is -0.118. The number of hydrogen-bond donors (Lipinski definition) is 2. The fourth-order valence-electron chi connectivity index (χ4n) is 2.46. The van der Waals surface area contributed by atoms with Crippen molar-refractivity contribution in [2.45, 2.75) is 13.5 Å². The maximum atomic E-state index is 12.0. The molecule has 0 saturated heterocycles. The first-order valence-corrected chi connectivity index (χ1v) is 8.90. The number of pyridine rings is 1. The summed E-state index contributed by atoms with van der Waals surface area (Å²) in [5.74, 6) is 0.775. The number of halogens is 1. The molecule has 0 spiro atoms. The standard InChI is InChI=1S/C21H20ClN3O2/c1-15-3-2-4-16(11-15)12-23-18-7-10-20(24-13-18)25-21(26)14-27-19-8-5-17(22)6-9-19/h2-11,13,23H,12,14H2,1H3,(H,24,25,26). The van der Waals surface area contributed by atoms with Crippen molar-refractivity contribution in [2.24, 2.45) is 0 Å². The van der Waals surface area contributed by atoms with E-state index in [-0.39, 0.29) is 12.5 Å². The van der Waals surface area contributed by atoms with Crippen molar-refractivity contribution in [3.05, 3.63) is 83.0 Å². The molecule has 0 saturated carbocycles. The van der Waals surface area contributed by atoms with Crippen molar-refractivity contribution in [1.82, 2.24) is 4.98 Å². The van der Waals surface area contributed by atoms with Gasteiger partial charge in [-0.3, -0.25) is 4.79 Å². The highest BCUT2D eigenvalue weighted by Crippen LogP contribution is 2.16. The summed E-state index contributed by atoms with van der Waals surface area (Å²) in [6.45, 7) is 2.68. The van der Waals surface area contributed by atoms with E-state index in [1.54, 1.807) is 36.5 Å². The Hall–Kier alpha value is -3.05. The van der Waals surface area contributed by atoms with Crippen LogP contribution >= 0.6 is 11.6 Å². The van der Waals surface area contributed by atoms with Gasteiger partial charge in [-0.15, -0.1) is 0 Å². The van der Waals surface area contributed by atoms with Crippen LogP contribution in [0.5, 0.6) is 5.75 Å². The number of ether oxygens (including phenoxy) is 1. The normalized spacial score (nSPS) is 10.3. The molecule has 5 nitrogen and oxygen atoms in total. The minimum absolute atomic E-state index is 0.101. The van der Waals surface area contributed by atoms with E-state index in [0.29, 0.717) is 23.1 Å². The molecule has 3 rings (SSSR count). The Morgan fingerprint density at radius 3 is 2.63 bits per heavy atom. The first-order chi connectivity index (χ1) is 13.1. The van der Waals surface area contributed by atoms with Crippen LogP contribution in [0.4, 0.5) is 11.5 Å². The number of benzene rings is 2. The average Bonchev–Trinajstić information content (AvgIpc) is 2.67. The molecule has 1 heterocycles. The molecule has 3 aromatic rings. The van der Waals surface area contributed by atoms with E-state index in [1.165, 1.54) is 11.1 Å². The number of anilines is 2. The second-order valence-corrected chi connectivity index (χ2v) is 6.50. The maximum absolute atomic E-state index is 12.0. The topological polar surface area (TPSA) is 63.2 Å². The summed E-state index contributed by atoms with van der Waals surface area (Å²) in [5.41, 5.74) is 3.31. The van der Waals surface area contributed by atoms with E-state index in [4.69, 9.17) is 16.3 Å². The van der Waals surface area contributed by atoms with Crippen LogP contribution in [-0.4, -0.2) is 17.5 Å². The number of carbonyl (C=O) groups is 1. The van der Waals surface area contributed by atoms with Gasteiger partial charge in [-0.05, 0) is 48.9 Å². The zero-order chi connectivity index (χ0) is 19.1. The molecule has 6 heteroatoms. The second-order valence-electron chi connectivity index (χ2n) is 6.07. The Balaban J connectivity index is 1.46. The Labute approximate surface area is 163 Å². The van der Waals surface area contributed by atoms with Gasteiger partial charge in [-0.1, -0.05) is 41.4 Å². The predicted octanol–water partition coefficient (Wildman–Crippen LogP) is 4.67. The summed E-state index contributed by atoms with van der Waals surface area (Å²) in [4.78, 5) is 16.2. The Morgan fingerprint density at radius 1 is 1.11 bits per heavy atom. The molecule has 1 aromatic heterocycles. The molecule has 138 valence electrons. The minimum Gasteiger partial charge on any atom is -0.484 e. The van der Waals surface area contributed by atoms with Gasteiger partial charge in [0.25, 0.3) is 5.91 Å². The van der Waals surface area contributed by atoms with E-state index in [2.05, 4.69) is 40.7 Å². The Morgan fingerprint density at radius 2 is 1.93 bits per heavy atom. The summed E-state index contributed by atoms with van der Waals surface area (Å²) in [6.07, 6.45) is 1.69. The average molecular weight is 382 g/mol. The Bertz CT molecular complexity index is 896. The number of rotatable bonds is 7. The summed E-state index contributed by atoms with van der Waals surface area (Å²) >= 11 is 5.81. The van der Waals surface area contributed by atoms with E-state index in [9.17, 15) is 4.79 Å². The van der Waals surface area contributed by atoms with Crippen molar-refractivity contribution in [2.75, 3.05) is 17.2 Å². The summed E-state index contributed by atoms with van der Waals surface area (Å²) in [7, 11) is 0. The van der Waals surface area contributed by atoms with Crippen LogP contribution in [0.15, 0.2) is 66.9 Å². The summed E-state index contributed by atoms with van der Waals surface area (Å²) in [5, 5.41) is 6.63. The molecule has 0 aliphatic heterocycles. The second kappa shape index (κ2) is 9.05. The molecule has 0 bridgehead atoms. The van der Waals surface area contributed by atoms with E-state index in [0.717, 1.165) is 5.69 Å². The van der Waals surface area contributed by atoms with Gasteiger partial charge >= 0.3 is 0 Å². The SMILES string of the molecule is Cc1cccc(CNc2ccc(NC(=O)COc3ccc(Cl)cc3)nc2)c1. The quantitative estimate of drug-likeness (QED) is 0.624. The molecule has 1 amide bonds. The smallest absolute Gasteiger partial charge is 0.263 e. The molecule has 2 N–H and O–H groups in total. The largest absolute Gasteiger partial charge is 0.484 e. The molecular formula is C21H20ClN3O2. The van der Waals surface area contributed by atoms with Crippen LogP contribution in [0.25, 0.3) is 0 Å². The Kier molecular flexibility index (Phi) is 6.28. The molecule has 2 aromatic carbocycles. The predicted molar refractivity (Wildman–Crippen MR) is 108 cm³/mol. The molecule has 27 heavy (non-hydrogen) atoms. The van der Waals surface area contributed by atoms with Crippen molar-refractivity contribution < 1.29 is 9.53 Å². The number of hydrogen-bond acceptors (Lipinski definition) is 4. The number of carbonyl (C=O) groups excluding carboxylic acids is 1. The lowest BCUT2D eigenvalue weighted by Gasteiger charge is -2.09. The van der Waals surface area contributed by atoms with Crippen LogP contribution in [0.2, 0.25) is 5.02 Å². The number of aromatic nitrogens is 1. The van der Waals surface area contributed by atoms with Gasteiger partial charge in [0, 0.05) is 11.6 Å². The van der Waals surface area contributed by atoms with Gasteiger partial charge in [0.1, 0.15) is 11.6 Å². The molecule has 0 aliphatic rings. The van der Waals surface area contributed by atoms with E-state index in [1.807, 2.05) is 12.1 Å². The van der Waals surface area contributed by atoms with E-state index >= 15 is 0 Å². The van der Waals surface area contributed by atoms with E-state index < -0.39 is 0 Å². The van der Waals surface area contributed by atoms with Gasteiger partial charge in [0.15, 0.2) is 6.61 Å². The van der Waals surface area contributed by atoms with Gasteiger partial charge in [-0.25, -0.2) is 4.98 Å². The monoisotopic (exact) mass is 381 g/mol. The van der Waals surface area contributed by atoms with Crippen LogP contribution in [-0.2, 0) is 11.3 Å². The summed E-state index contributed by atoms with van der Waals surface area (Å²) in [6, 6.07) is 18.8. The third-order valence-electron chi connectivity index (χ3n) is 3.79. The minimum atomic E-state index is -0.280. The first kappa shape index (κ1) is 18.7. The molecule has 0 fully saturated rings. The highest BCUT2D eigenvalue weighted by atomic mass is 35.5. The zero-order valence-corrected chi connectivity index (χ0v) is 15.7. The molecule has 0 radical (unpaired) electrons. The fraction of sp³-hybridized carbons (Fsp3) is 0.143. The van der Waals surface area contributed by atoms with Crippen molar-refractivity contribution in [1.29, 1.82) is 0 Å². The van der Waals surface area contributed by atoms with Gasteiger partial charge in [0.2, 0.25) is 0 Å². The third-order valence-corrected chi connectivity index (χ3v) is 4.05. The molecular weight excluding hydrogens is 362 g/mol. The van der Waals surface area contributed by atoms with Crippen LogP contribution < -0.4 is 15.4 Å². The zero-order valence-electron chi connectivity index (χ0n) is 14.9. The number of nitrogens with zero attached hydrogens (tertiary/aromatic N) is 1. The van der Waals surface area contributed by atoms with Gasteiger partial charge < -0.3 is 15.4 Å². The van der Waals surface area contributed by atoms with Crippen molar-refractivity contribution in [3.8, 4) is 5.75 Å². The van der Waals surface area contributed by atoms with Crippen molar-refractivity contribution in [3.63, 3.8) is 0 Å². The first-order valence-electron chi connectivity index (χ1n) is 8.52. The highest BCUT2D eigenvalue weighted by Gasteiger charge is 2.05.